The highest BCUT2D eigenvalue weighted by atomic mass is 15.5. The SMILES string of the molecule is CCn1ncc(C)n1. The summed E-state index contributed by atoms with van der Waals surface area (Å²) in [6, 6.07) is 0. The molecule has 0 bridgehead atoms. The summed E-state index contributed by atoms with van der Waals surface area (Å²) >= 11 is 0. The first-order valence-corrected chi connectivity index (χ1v) is 2.69. The second kappa shape index (κ2) is 1.94. The number of aromatic nitrogens is 3. The van der Waals surface area contributed by atoms with Crippen LogP contribution in [0.15, 0.2) is 6.20 Å². The summed E-state index contributed by atoms with van der Waals surface area (Å²) in [6.07, 6.45) is 1.75. The summed E-state index contributed by atoms with van der Waals surface area (Å²) in [6.45, 7) is 4.80. The molecule has 0 spiro atoms. The number of nitrogens with zero attached hydrogens (tertiary/aromatic N) is 3. The minimum Gasteiger partial charge on any atom is -0.185 e. The molecular formula is C5H9N3. The Labute approximate surface area is 48.3 Å². The third-order valence-electron chi connectivity index (χ3n) is 0.934. The first-order chi connectivity index (χ1) is 3.83. The molecule has 3 heteroatoms. The van der Waals surface area contributed by atoms with Crippen LogP contribution in [0.4, 0.5) is 0 Å². The van der Waals surface area contributed by atoms with Crippen LogP contribution in [0.1, 0.15) is 12.6 Å². The van der Waals surface area contributed by atoms with Gasteiger partial charge in [-0.05, 0) is 13.8 Å². The van der Waals surface area contributed by atoms with E-state index in [4.69, 9.17) is 0 Å². The number of hydrogen-bond acceptors (Lipinski definition) is 2. The molecule has 0 unspecified atom stereocenters. The number of rotatable bonds is 1. The zero-order chi connectivity index (χ0) is 5.98. The van der Waals surface area contributed by atoms with Gasteiger partial charge in [-0.15, -0.1) is 0 Å². The second-order valence-electron chi connectivity index (χ2n) is 1.67. The number of hydrogen-bond donors (Lipinski definition) is 0. The topological polar surface area (TPSA) is 30.7 Å². The standard InChI is InChI=1S/C5H9N3/c1-3-8-6-4-5(2)7-8/h4H,3H2,1-2H3. The van der Waals surface area contributed by atoms with E-state index in [1.54, 1.807) is 11.0 Å². The molecule has 1 aromatic heterocycles. The Morgan fingerprint density at radius 1 is 1.75 bits per heavy atom. The molecule has 0 saturated heterocycles. The van der Waals surface area contributed by atoms with E-state index in [-0.39, 0.29) is 0 Å². The van der Waals surface area contributed by atoms with Crippen LogP contribution in [0.25, 0.3) is 0 Å². The van der Waals surface area contributed by atoms with Crippen molar-refractivity contribution in [1.29, 1.82) is 0 Å². The maximum atomic E-state index is 4.03. The van der Waals surface area contributed by atoms with Crippen LogP contribution in [0.2, 0.25) is 0 Å². The van der Waals surface area contributed by atoms with Gasteiger partial charge in [0.05, 0.1) is 18.4 Å². The highest BCUT2D eigenvalue weighted by Crippen LogP contribution is 1.84. The van der Waals surface area contributed by atoms with Crippen LogP contribution < -0.4 is 0 Å². The van der Waals surface area contributed by atoms with Gasteiger partial charge in [0.15, 0.2) is 0 Å². The molecule has 1 rings (SSSR count). The van der Waals surface area contributed by atoms with Crippen molar-refractivity contribution in [2.75, 3.05) is 0 Å². The summed E-state index contributed by atoms with van der Waals surface area (Å²) < 4.78 is 0. The maximum Gasteiger partial charge on any atom is 0.0796 e. The summed E-state index contributed by atoms with van der Waals surface area (Å²) in [7, 11) is 0. The average molecular weight is 111 g/mol. The summed E-state index contributed by atoms with van der Waals surface area (Å²) in [5.74, 6) is 0. The Kier molecular flexibility index (Phi) is 1.28. The van der Waals surface area contributed by atoms with Crippen LogP contribution in [0, 0.1) is 6.92 Å². The summed E-state index contributed by atoms with van der Waals surface area (Å²) in [5, 5.41) is 7.97. The Balaban J connectivity index is 2.84. The van der Waals surface area contributed by atoms with E-state index in [9.17, 15) is 0 Å². The Morgan fingerprint density at radius 2 is 2.50 bits per heavy atom. The van der Waals surface area contributed by atoms with Crippen molar-refractivity contribution in [2.45, 2.75) is 20.4 Å². The third-order valence-corrected chi connectivity index (χ3v) is 0.934. The molecule has 0 radical (unpaired) electrons. The molecule has 0 atom stereocenters. The lowest BCUT2D eigenvalue weighted by Crippen LogP contribution is -1.97. The highest BCUT2D eigenvalue weighted by Gasteiger charge is 1.87. The molecule has 0 aliphatic heterocycles. The van der Waals surface area contributed by atoms with Gasteiger partial charge in [-0.2, -0.15) is 15.0 Å². The van der Waals surface area contributed by atoms with Gasteiger partial charge in [0.25, 0.3) is 0 Å². The van der Waals surface area contributed by atoms with Crippen LogP contribution in [-0.2, 0) is 6.54 Å². The van der Waals surface area contributed by atoms with Crippen molar-refractivity contribution < 1.29 is 0 Å². The fraction of sp³-hybridized carbons (Fsp3) is 0.600. The maximum absolute atomic E-state index is 4.03. The average Bonchev–Trinajstić information content (AvgIpc) is 2.14. The fourth-order valence-corrected chi connectivity index (χ4v) is 0.536. The van der Waals surface area contributed by atoms with E-state index in [1.165, 1.54) is 0 Å². The zero-order valence-electron chi connectivity index (χ0n) is 5.13. The molecule has 0 N–H and O–H groups in total. The van der Waals surface area contributed by atoms with Crippen LogP contribution in [0.3, 0.4) is 0 Å². The van der Waals surface area contributed by atoms with Crippen LogP contribution in [0.5, 0.6) is 0 Å². The summed E-state index contributed by atoms with van der Waals surface area (Å²) in [4.78, 5) is 1.66. The van der Waals surface area contributed by atoms with Gasteiger partial charge in [0, 0.05) is 0 Å². The van der Waals surface area contributed by atoms with E-state index < -0.39 is 0 Å². The van der Waals surface area contributed by atoms with E-state index in [0.29, 0.717) is 0 Å². The van der Waals surface area contributed by atoms with E-state index in [1.807, 2.05) is 13.8 Å². The van der Waals surface area contributed by atoms with Crippen molar-refractivity contribution in [3.05, 3.63) is 11.9 Å². The highest BCUT2D eigenvalue weighted by molar-refractivity contribution is 4.84. The summed E-state index contributed by atoms with van der Waals surface area (Å²) in [5.41, 5.74) is 0.979. The smallest absolute Gasteiger partial charge is 0.0796 e. The first-order valence-electron chi connectivity index (χ1n) is 2.69. The van der Waals surface area contributed by atoms with Crippen molar-refractivity contribution >= 4 is 0 Å². The minimum atomic E-state index is 0.855. The van der Waals surface area contributed by atoms with Gasteiger partial charge < -0.3 is 0 Å². The second-order valence-corrected chi connectivity index (χ2v) is 1.67. The van der Waals surface area contributed by atoms with Gasteiger partial charge in [-0.1, -0.05) is 0 Å². The lowest BCUT2D eigenvalue weighted by atomic mass is 10.6. The molecule has 0 aliphatic carbocycles. The Hall–Kier alpha value is -0.860. The predicted octanol–water partition coefficient (Wildman–Crippen LogP) is 0.606. The van der Waals surface area contributed by atoms with Gasteiger partial charge in [0.2, 0.25) is 0 Å². The van der Waals surface area contributed by atoms with Crippen molar-refractivity contribution in [2.24, 2.45) is 0 Å². The fourth-order valence-electron chi connectivity index (χ4n) is 0.536. The molecule has 0 fully saturated rings. The first kappa shape index (κ1) is 5.28. The lowest BCUT2D eigenvalue weighted by Gasteiger charge is -1.86. The van der Waals surface area contributed by atoms with Crippen molar-refractivity contribution in [3.63, 3.8) is 0 Å². The normalized spacial score (nSPS) is 9.75. The molecule has 1 aromatic rings. The van der Waals surface area contributed by atoms with Crippen LogP contribution >= 0.6 is 0 Å². The monoisotopic (exact) mass is 111 g/mol. The lowest BCUT2D eigenvalue weighted by molar-refractivity contribution is 0.566. The van der Waals surface area contributed by atoms with Crippen molar-refractivity contribution in [3.8, 4) is 0 Å². The Morgan fingerprint density at radius 3 is 2.75 bits per heavy atom. The Bertz CT molecular complexity index is 168. The predicted molar refractivity (Wildman–Crippen MR) is 30.4 cm³/mol. The molecule has 1 heterocycles. The van der Waals surface area contributed by atoms with Gasteiger partial charge in [0.1, 0.15) is 0 Å². The molecule has 0 aromatic carbocycles. The van der Waals surface area contributed by atoms with Crippen molar-refractivity contribution in [1.82, 2.24) is 15.0 Å². The van der Waals surface area contributed by atoms with E-state index in [0.717, 1.165) is 12.2 Å². The molecule has 3 nitrogen and oxygen atoms in total. The third kappa shape index (κ3) is 0.857. The van der Waals surface area contributed by atoms with Gasteiger partial charge >= 0.3 is 0 Å². The largest absolute Gasteiger partial charge is 0.185 e. The molecule has 44 valence electrons. The molecule has 8 heavy (non-hydrogen) atoms. The minimum absolute atomic E-state index is 0.855. The van der Waals surface area contributed by atoms with Gasteiger partial charge in [-0.3, -0.25) is 0 Å². The van der Waals surface area contributed by atoms with E-state index >= 15 is 0 Å². The van der Waals surface area contributed by atoms with Gasteiger partial charge in [-0.25, -0.2) is 0 Å². The molecular weight excluding hydrogens is 102 g/mol. The number of aryl methyl sites for hydroxylation is 2. The molecule has 0 aliphatic rings. The zero-order valence-corrected chi connectivity index (χ0v) is 5.13. The molecule has 0 saturated carbocycles. The molecule has 0 amide bonds. The van der Waals surface area contributed by atoms with Crippen LogP contribution in [-0.4, -0.2) is 15.0 Å². The van der Waals surface area contributed by atoms with E-state index in [2.05, 4.69) is 10.2 Å². The quantitative estimate of drug-likeness (QED) is 0.531.